The molecule has 0 aliphatic carbocycles. The first kappa shape index (κ1) is 25.5. The highest BCUT2D eigenvalue weighted by Gasteiger charge is 2.33. The summed E-state index contributed by atoms with van der Waals surface area (Å²) in [6.45, 7) is 9.11. The van der Waals surface area contributed by atoms with Gasteiger partial charge in [-0.25, -0.2) is 19.3 Å². The van der Waals surface area contributed by atoms with E-state index in [1.54, 1.807) is 22.7 Å². The zero-order valence-corrected chi connectivity index (χ0v) is 23.2. The number of thiazole rings is 1. The summed E-state index contributed by atoms with van der Waals surface area (Å²) in [6.07, 6.45) is 7.97. The van der Waals surface area contributed by atoms with E-state index in [4.69, 9.17) is 4.74 Å². The fraction of sp³-hybridized carbons (Fsp3) is 0.480. The second-order valence-electron chi connectivity index (χ2n) is 10.6. The zero-order chi connectivity index (χ0) is 26.0. The molecule has 2 unspecified atom stereocenters. The second-order valence-corrected chi connectivity index (χ2v) is 17.1. The van der Waals surface area contributed by atoms with Gasteiger partial charge >= 0.3 is 0 Å². The van der Waals surface area contributed by atoms with Crippen LogP contribution in [0.3, 0.4) is 0 Å². The lowest BCUT2D eigenvalue weighted by Crippen LogP contribution is -2.26. The lowest BCUT2D eigenvalue weighted by molar-refractivity contribution is 0.0899. The number of fused-ring (bicyclic) bond motifs is 1. The third-order valence-electron chi connectivity index (χ3n) is 6.87. The molecule has 0 saturated carbocycles. The second kappa shape index (κ2) is 10.7. The molecule has 12 heteroatoms. The van der Waals surface area contributed by atoms with Crippen LogP contribution in [0.15, 0.2) is 36.5 Å². The Labute approximate surface area is 220 Å². The van der Waals surface area contributed by atoms with Crippen molar-refractivity contribution < 1.29 is 9.13 Å². The summed E-state index contributed by atoms with van der Waals surface area (Å²) in [5, 5.41) is 15.6. The van der Waals surface area contributed by atoms with Gasteiger partial charge in [0.25, 0.3) is 0 Å². The first-order valence-corrected chi connectivity index (χ1v) is 17.0. The van der Waals surface area contributed by atoms with Crippen molar-refractivity contribution in [3.63, 3.8) is 0 Å². The highest BCUT2D eigenvalue weighted by atomic mass is 32.1. The quantitative estimate of drug-likeness (QED) is 0.208. The molecule has 0 bridgehead atoms. The maximum absolute atomic E-state index is 14.3. The first-order valence-electron chi connectivity index (χ1n) is 12.4. The van der Waals surface area contributed by atoms with Crippen molar-refractivity contribution in [2.75, 3.05) is 31.3 Å². The summed E-state index contributed by atoms with van der Waals surface area (Å²) in [6, 6.07) is 4.86. The molecular weight excluding hydrogens is 507 g/mol. The standard InChI is InChI=1S/C25H31FN8OSSi/c1-37(2,3)9-8-35-17-33-7-5-20-23(28-15-29-24(20)33)19-12-31-34(14-19)22(10-26)18-4-6-32(13-18)25-21(11-27)30-16-36-25/h5,7,12,14-16,18,22H,4,6,8-10,13,17H2,1-3H3. The number of rotatable bonds is 10. The highest BCUT2D eigenvalue weighted by molar-refractivity contribution is 7.14. The van der Waals surface area contributed by atoms with Gasteiger partial charge < -0.3 is 14.2 Å². The van der Waals surface area contributed by atoms with E-state index in [0.717, 1.165) is 52.9 Å². The molecule has 4 aromatic rings. The number of hydrogen-bond donors (Lipinski definition) is 0. The van der Waals surface area contributed by atoms with Crippen LogP contribution in [0.1, 0.15) is 18.2 Å². The van der Waals surface area contributed by atoms with Gasteiger partial charge in [-0.2, -0.15) is 10.4 Å². The van der Waals surface area contributed by atoms with E-state index in [1.807, 2.05) is 23.0 Å². The van der Waals surface area contributed by atoms with Crippen molar-refractivity contribution >= 4 is 35.4 Å². The highest BCUT2D eigenvalue weighted by Crippen LogP contribution is 2.35. The minimum atomic E-state index is -1.14. The Morgan fingerprint density at radius 3 is 2.95 bits per heavy atom. The third-order valence-corrected chi connectivity index (χ3v) is 9.46. The summed E-state index contributed by atoms with van der Waals surface area (Å²) < 4.78 is 24.0. The Morgan fingerprint density at radius 1 is 1.30 bits per heavy atom. The lowest BCUT2D eigenvalue weighted by Gasteiger charge is -2.22. The van der Waals surface area contributed by atoms with Gasteiger partial charge in [0.1, 0.15) is 36.5 Å². The molecule has 1 fully saturated rings. The summed E-state index contributed by atoms with van der Waals surface area (Å²) in [5.74, 6) is 0.0752. The molecule has 5 rings (SSSR count). The van der Waals surface area contributed by atoms with Gasteiger partial charge in [-0.05, 0) is 18.5 Å². The molecule has 0 amide bonds. The van der Waals surface area contributed by atoms with Gasteiger partial charge in [0.05, 0.1) is 23.4 Å². The van der Waals surface area contributed by atoms with Crippen LogP contribution in [0.2, 0.25) is 25.7 Å². The zero-order valence-electron chi connectivity index (χ0n) is 21.3. The molecule has 194 valence electrons. The average Bonchev–Trinajstić information content (AvgIpc) is 3.68. The van der Waals surface area contributed by atoms with Crippen LogP contribution in [0.25, 0.3) is 22.3 Å². The molecular formula is C25H31FN8OSSi. The van der Waals surface area contributed by atoms with Crippen molar-refractivity contribution in [1.82, 2.24) is 29.3 Å². The van der Waals surface area contributed by atoms with Crippen molar-refractivity contribution in [2.45, 2.75) is 44.9 Å². The molecule has 1 aliphatic heterocycles. The number of nitrogens with zero attached hydrogens (tertiary/aromatic N) is 8. The predicted molar refractivity (Wildman–Crippen MR) is 145 cm³/mol. The van der Waals surface area contributed by atoms with Gasteiger partial charge in [-0.15, -0.1) is 11.3 Å². The molecule has 9 nitrogen and oxygen atoms in total. The average molecular weight is 539 g/mol. The molecule has 0 spiro atoms. The number of halogens is 1. The molecule has 0 radical (unpaired) electrons. The molecule has 1 aliphatic rings. The molecule has 2 atom stereocenters. The minimum absolute atomic E-state index is 0.0752. The van der Waals surface area contributed by atoms with E-state index in [1.165, 1.54) is 11.3 Å². The van der Waals surface area contributed by atoms with Crippen molar-refractivity contribution in [3.05, 3.63) is 42.2 Å². The third kappa shape index (κ3) is 5.44. The largest absolute Gasteiger partial charge is 0.361 e. The van der Waals surface area contributed by atoms with Gasteiger partial charge in [0.2, 0.25) is 0 Å². The van der Waals surface area contributed by atoms with Crippen molar-refractivity contribution in [2.24, 2.45) is 5.92 Å². The molecule has 1 saturated heterocycles. The Morgan fingerprint density at radius 2 is 2.16 bits per heavy atom. The fourth-order valence-electron chi connectivity index (χ4n) is 4.76. The van der Waals surface area contributed by atoms with Crippen molar-refractivity contribution in [1.29, 1.82) is 5.26 Å². The lowest BCUT2D eigenvalue weighted by atomic mass is 10.0. The van der Waals surface area contributed by atoms with E-state index in [0.29, 0.717) is 19.0 Å². The van der Waals surface area contributed by atoms with Crippen LogP contribution in [-0.4, -0.2) is 63.7 Å². The molecule has 0 N–H and O–H groups in total. The maximum Gasteiger partial charge on any atom is 0.175 e. The number of aromatic nitrogens is 6. The minimum Gasteiger partial charge on any atom is -0.361 e. The number of alkyl halides is 1. The Balaban J connectivity index is 1.31. The van der Waals surface area contributed by atoms with Crippen LogP contribution in [0.4, 0.5) is 9.39 Å². The van der Waals surface area contributed by atoms with Crippen LogP contribution in [0.5, 0.6) is 0 Å². The molecule has 4 aromatic heterocycles. The Kier molecular flexibility index (Phi) is 7.37. The van der Waals surface area contributed by atoms with Crippen LogP contribution in [-0.2, 0) is 11.5 Å². The van der Waals surface area contributed by atoms with Crippen molar-refractivity contribution in [3.8, 4) is 17.3 Å². The van der Waals surface area contributed by atoms with E-state index in [9.17, 15) is 9.65 Å². The summed E-state index contributed by atoms with van der Waals surface area (Å²) in [5.41, 5.74) is 4.52. The topological polar surface area (TPSA) is 97.7 Å². The van der Waals surface area contributed by atoms with Crippen LogP contribution >= 0.6 is 11.3 Å². The fourth-order valence-corrected chi connectivity index (χ4v) is 6.30. The molecule has 0 aromatic carbocycles. The Bertz CT molecular complexity index is 1400. The van der Waals surface area contributed by atoms with Gasteiger partial charge in [0.15, 0.2) is 5.69 Å². The van der Waals surface area contributed by atoms with Gasteiger partial charge in [-0.3, -0.25) is 4.68 Å². The van der Waals surface area contributed by atoms with E-state index in [2.05, 4.69) is 50.7 Å². The van der Waals surface area contributed by atoms with Crippen LogP contribution in [0, 0.1) is 17.2 Å². The van der Waals surface area contributed by atoms with Gasteiger partial charge in [0, 0.05) is 57.0 Å². The van der Waals surface area contributed by atoms with E-state index in [-0.39, 0.29) is 12.0 Å². The predicted octanol–water partition coefficient (Wildman–Crippen LogP) is 4.97. The maximum atomic E-state index is 14.3. The van der Waals surface area contributed by atoms with Gasteiger partial charge in [-0.1, -0.05) is 19.6 Å². The number of hydrogen-bond acceptors (Lipinski definition) is 8. The first-order chi connectivity index (χ1) is 17.9. The summed E-state index contributed by atoms with van der Waals surface area (Å²) in [4.78, 5) is 15.3. The molecule has 37 heavy (non-hydrogen) atoms. The number of anilines is 1. The SMILES string of the molecule is C[Si](C)(C)CCOCn1ccc2c(-c3cnn(C(CF)C4CCN(c5scnc5C#N)C4)c3)ncnc21. The monoisotopic (exact) mass is 538 g/mol. The number of nitriles is 1. The summed E-state index contributed by atoms with van der Waals surface area (Å²) >= 11 is 1.45. The normalized spacial score (nSPS) is 16.9. The van der Waals surface area contributed by atoms with E-state index >= 15 is 0 Å². The smallest absolute Gasteiger partial charge is 0.175 e. The van der Waals surface area contributed by atoms with Crippen LogP contribution < -0.4 is 4.90 Å². The number of ether oxygens (including phenoxy) is 1. The summed E-state index contributed by atoms with van der Waals surface area (Å²) in [7, 11) is -1.14. The Hall–Kier alpha value is -3.14. The molecule has 5 heterocycles. The van der Waals surface area contributed by atoms with E-state index < -0.39 is 14.7 Å².